The fraction of sp³-hybridized carbons (Fsp3) is 0.538. The minimum absolute atomic E-state index is 0.0754. The highest BCUT2D eigenvalue weighted by molar-refractivity contribution is 6.11. The normalized spacial score (nSPS) is 30.4. The molecular weight excluding hydrogens is 500 g/mol. The van der Waals surface area contributed by atoms with Gasteiger partial charge in [-0.05, 0) is 20.3 Å². The first-order valence-electron chi connectivity index (χ1n) is 12.3. The molecule has 0 bridgehead atoms. The Labute approximate surface area is 218 Å². The molecule has 0 saturated carbocycles. The molecule has 2 fully saturated rings. The number of carbonyl (C=O) groups is 3. The molecule has 12 heteroatoms. The number of benzene rings is 1. The molecule has 12 nitrogen and oxygen atoms in total. The summed E-state index contributed by atoms with van der Waals surface area (Å²) in [7, 11) is 1.17. The second-order valence-corrected chi connectivity index (χ2v) is 9.61. The van der Waals surface area contributed by atoms with Crippen molar-refractivity contribution >= 4 is 29.1 Å². The second-order valence-electron chi connectivity index (χ2n) is 9.61. The van der Waals surface area contributed by atoms with E-state index in [4.69, 9.17) is 18.9 Å². The van der Waals surface area contributed by atoms with E-state index >= 15 is 0 Å². The number of nitrogens with zero attached hydrogens (tertiary/aromatic N) is 2. The van der Waals surface area contributed by atoms with Gasteiger partial charge in [-0.3, -0.25) is 29.5 Å². The molecule has 2 saturated heterocycles. The third kappa shape index (κ3) is 4.63. The van der Waals surface area contributed by atoms with E-state index in [1.807, 2.05) is 6.92 Å². The first-order valence-corrected chi connectivity index (χ1v) is 12.3. The Bertz CT molecular complexity index is 1220. The van der Waals surface area contributed by atoms with Crippen LogP contribution in [0.1, 0.15) is 45.1 Å². The lowest BCUT2D eigenvalue weighted by Crippen LogP contribution is -2.53. The van der Waals surface area contributed by atoms with Gasteiger partial charge in [-0.1, -0.05) is 25.1 Å². The quantitative estimate of drug-likeness (QED) is 0.299. The third-order valence-electron chi connectivity index (χ3n) is 7.20. The molecule has 1 aromatic rings. The second kappa shape index (κ2) is 10.7. The molecule has 4 rings (SSSR count). The largest absolute Gasteiger partial charge is 0.468 e. The van der Waals surface area contributed by atoms with Gasteiger partial charge >= 0.3 is 11.9 Å². The van der Waals surface area contributed by atoms with Crippen LogP contribution in [-0.4, -0.2) is 77.7 Å². The number of ketones is 1. The van der Waals surface area contributed by atoms with Gasteiger partial charge in [-0.25, -0.2) is 0 Å². The van der Waals surface area contributed by atoms with Gasteiger partial charge in [0, 0.05) is 41.0 Å². The topological polar surface area (TPSA) is 164 Å². The van der Waals surface area contributed by atoms with E-state index in [0.29, 0.717) is 12.1 Å². The number of allylic oxidation sites excluding steroid dienone is 1. The van der Waals surface area contributed by atoms with Crippen molar-refractivity contribution in [2.75, 3.05) is 20.3 Å². The monoisotopic (exact) mass is 530 g/mol. The molecule has 3 heterocycles. The maximum Gasteiger partial charge on any atom is 0.315 e. The van der Waals surface area contributed by atoms with Crippen LogP contribution in [0.3, 0.4) is 0 Å². The fourth-order valence-corrected chi connectivity index (χ4v) is 5.47. The summed E-state index contributed by atoms with van der Waals surface area (Å²) in [6, 6.07) is 5.78. The maximum absolute atomic E-state index is 14.2. The molecule has 1 aromatic carbocycles. The first kappa shape index (κ1) is 27.6. The number of esters is 2. The predicted octanol–water partition coefficient (Wildman–Crippen LogP) is 2.03. The Morgan fingerprint density at radius 2 is 1.95 bits per heavy atom. The molecule has 3 aliphatic heterocycles. The van der Waals surface area contributed by atoms with Crippen LogP contribution in [0.5, 0.6) is 0 Å². The van der Waals surface area contributed by atoms with Crippen LogP contribution in [0, 0.1) is 16.0 Å². The number of methoxy groups -OCH3 is 1. The van der Waals surface area contributed by atoms with Crippen molar-refractivity contribution in [1.82, 2.24) is 0 Å². The van der Waals surface area contributed by atoms with Crippen molar-refractivity contribution in [3.8, 4) is 0 Å². The van der Waals surface area contributed by atoms with Crippen LogP contribution < -0.4 is 0 Å². The summed E-state index contributed by atoms with van der Waals surface area (Å²) >= 11 is 0. The lowest BCUT2D eigenvalue weighted by atomic mass is 9.71. The minimum Gasteiger partial charge on any atom is -0.468 e. The van der Waals surface area contributed by atoms with Gasteiger partial charge in [0.2, 0.25) is 0 Å². The summed E-state index contributed by atoms with van der Waals surface area (Å²) in [4.78, 5) is 54.8. The maximum atomic E-state index is 14.2. The predicted molar refractivity (Wildman–Crippen MR) is 131 cm³/mol. The number of Topliss-reactive ketones (excluding diaryl/α,β-unsaturated/α-hetero) is 1. The number of nitro groups is 1. The van der Waals surface area contributed by atoms with Crippen LogP contribution in [0.15, 0.2) is 40.5 Å². The number of ether oxygens (including phenoxy) is 4. The number of aliphatic imine (C=N–C) groups is 1. The lowest BCUT2D eigenvalue weighted by molar-refractivity contribution is -0.385. The number of hydrogen-bond acceptors (Lipinski definition) is 11. The SMILES string of the molecule is CCCC(=O)O[C@H]1CO[C@H]2[C@@H]1OC[C@]2(O)C(=O)C1=C(C)N=C(C)C(C(=O)OC)C1c1ccccc1[N+](=O)[O-]. The molecule has 38 heavy (non-hydrogen) atoms. The van der Waals surface area contributed by atoms with Crippen LogP contribution >= 0.6 is 0 Å². The van der Waals surface area contributed by atoms with E-state index in [9.17, 15) is 29.6 Å². The van der Waals surface area contributed by atoms with Gasteiger partial charge in [0.15, 0.2) is 17.5 Å². The highest BCUT2D eigenvalue weighted by atomic mass is 16.6. The summed E-state index contributed by atoms with van der Waals surface area (Å²) in [6.07, 6.45) is -2.07. The molecular formula is C26H30N2O10. The van der Waals surface area contributed by atoms with E-state index in [1.54, 1.807) is 13.0 Å². The molecule has 6 atom stereocenters. The Hall–Kier alpha value is -3.48. The van der Waals surface area contributed by atoms with Crippen molar-refractivity contribution in [2.24, 2.45) is 10.9 Å². The molecule has 1 N–H and O–H groups in total. The number of hydrogen-bond donors (Lipinski definition) is 1. The Morgan fingerprint density at radius 1 is 1.24 bits per heavy atom. The van der Waals surface area contributed by atoms with Crippen LogP contribution in [-0.2, 0) is 33.3 Å². The number of para-hydroxylation sites is 1. The summed E-state index contributed by atoms with van der Waals surface area (Å²) in [6.45, 7) is 4.40. The highest BCUT2D eigenvalue weighted by Gasteiger charge is 2.62. The van der Waals surface area contributed by atoms with Gasteiger partial charge < -0.3 is 24.1 Å². The van der Waals surface area contributed by atoms with Crippen LogP contribution in [0.4, 0.5) is 5.69 Å². The molecule has 3 aliphatic rings. The zero-order chi connectivity index (χ0) is 27.8. The fourth-order valence-electron chi connectivity index (χ4n) is 5.47. The molecule has 204 valence electrons. The molecule has 0 radical (unpaired) electrons. The van der Waals surface area contributed by atoms with Crippen molar-refractivity contribution < 1.29 is 43.4 Å². The number of fused-ring (bicyclic) bond motifs is 1. The summed E-state index contributed by atoms with van der Waals surface area (Å²) < 4.78 is 21.9. The number of rotatable bonds is 8. The zero-order valence-electron chi connectivity index (χ0n) is 21.5. The smallest absolute Gasteiger partial charge is 0.315 e. The molecule has 0 amide bonds. The third-order valence-corrected chi connectivity index (χ3v) is 7.20. The van der Waals surface area contributed by atoms with E-state index in [1.165, 1.54) is 32.2 Å². The van der Waals surface area contributed by atoms with Gasteiger partial charge in [0.05, 0.1) is 25.2 Å². The lowest BCUT2D eigenvalue weighted by Gasteiger charge is -2.35. The zero-order valence-corrected chi connectivity index (χ0v) is 21.5. The van der Waals surface area contributed by atoms with Crippen molar-refractivity contribution in [1.29, 1.82) is 0 Å². The number of carbonyl (C=O) groups excluding carboxylic acids is 3. The summed E-state index contributed by atoms with van der Waals surface area (Å²) in [5.41, 5.74) is -1.99. The Kier molecular flexibility index (Phi) is 7.77. The summed E-state index contributed by atoms with van der Waals surface area (Å²) in [5.74, 6) is -4.34. The van der Waals surface area contributed by atoms with Crippen LogP contribution in [0.25, 0.3) is 0 Å². The van der Waals surface area contributed by atoms with Crippen molar-refractivity contribution in [3.05, 3.63) is 51.2 Å². The minimum atomic E-state index is -2.21. The summed E-state index contributed by atoms with van der Waals surface area (Å²) in [5, 5.41) is 23.6. The highest BCUT2D eigenvalue weighted by Crippen LogP contribution is 2.46. The van der Waals surface area contributed by atoms with Gasteiger partial charge in [-0.15, -0.1) is 0 Å². The Balaban J connectivity index is 1.77. The van der Waals surface area contributed by atoms with E-state index in [-0.39, 0.29) is 35.5 Å². The Morgan fingerprint density at radius 3 is 2.61 bits per heavy atom. The van der Waals surface area contributed by atoms with E-state index < -0.39 is 65.0 Å². The molecule has 0 aliphatic carbocycles. The van der Waals surface area contributed by atoms with Gasteiger partial charge in [0.25, 0.3) is 5.69 Å². The standard InChI is InChI=1S/C26H30N2O10/c1-5-8-18(29)38-17-11-36-24-22(17)37-12-26(24,32)23(30)19-13(2)27-14(3)20(25(31)35-4)21(19)15-9-6-7-10-16(15)28(33)34/h6-7,9-10,17,20-22,24,32H,5,8,11-12H2,1-4H3/t17-,20?,21?,22+,24-,26-/m0/s1. The average molecular weight is 531 g/mol. The van der Waals surface area contributed by atoms with Gasteiger partial charge in [0.1, 0.15) is 18.1 Å². The number of nitro benzene ring substituents is 1. The molecule has 0 aromatic heterocycles. The first-order chi connectivity index (χ1) is 18.0. The number of aliphatic hydroxyl groups is 1. The van der Waals surface area contributed by atoms with E-state index in [0.717, 1.165) is 0 Å². The van der Waals surface area contributed by atoms with E-state index in [2.05, 4.69) is 4.99 Å². The molecule has 0 spiro atoms. The van der Waals surface area contributed by atoms with Crippen LogP contribution in [0.2, 0.25) is 0 Å². The van der Waals surface area contributed by atoms with Gasteiger partial charge in [-0.2, -0.15) is 0 Å². The van der Waals surface area contributed by atoms with Crippen molar-refractivity contribution in [2.45, 2.75) is 63.4 Å². The molecule has 2 unspecified atom stereocenters. The average Bonchev–Trinajstić information content (AvgIpc) is 3.44. The van der Waals surface area contributed by atoms with Crippen molar-refractivity contribution in [3.63, 3.8) is 0 Å².